The van der Waals surface area contributed by atoms with Crippen molar-refractivity contribution in [1.82, 2.24) is 20.2 Å². The van der Waals surface area contributed by atoms with E-state index >= 15 is 0 Å². The van der Waals surface area contributed by atoms with Crippen LogP contribution in [-0.4, -0.2) is 26.3 Å². The van der Waals surface area contributed by atoms with Crippen LogP contribution in [-0.2, 0) is 0 Å². The van der Waals surface area contributed by atoms with Crippen molar-refractivity contribution in [3.63, 3.8) is 0 Å². The van der Waals surface area contributed by atoms with Crippen LogP contribution in [0.25, 0.3) is 22.5 Å². The van der Waals surface area contributed by atoms with Crippen LogP contribution in [0.5, 0.6) is 5.75 Å². The SMILES string of the molecule is CC(C)Oc1cccc(Nc2cc(-c3c[nH]nc3-c3ccccn3)ccn2)c1. The standard InChI is InChI=1S/C22H21N5O/c1-15(2)28-18-7-5-6-17(13-18)26-21-12-16(9-11-24-21)19-14-25-27-22(19)20-8-3-4-10-23-20/h3-15H,1-2H3,(H,24,26)(H,25,27). The van der Waals surface area contributed by atoms with Gasteiger partial charge in [-0.3, -0.25) is 10.1 Å². The predicted molar refractivity (Wildman–Crippen MR) is 111 cm³/mol. The van der Waals surface area contributed by atoms with E-state index in [1.165, 1.54) is 0 Å². The first-order chi connectivity index (χ1) is 13.7. The lowest BCUT2D eigenvalue weighted by atomic mass is 10.1. The Labute approximate surface area is 163 Å². The number of pyridine rings is 2. The number of nitrogens with one attached hydrogen (secondary N) is 2. The van der Waals surface area contributed by atoms with Gasteiger partial charge >= 0.3 is 0 Å². The Morgan fingerprint density at radius 3 is 2.71 bits per heavy atom. The van der Waals surface area contributed by atoms with E-state index in [0.717, 1.165) is 39.8 Å². The van der Waals surface area contributed by atoms with Crippen molar-refractivity contribution < 1.29 is 4.74 Å². The predicted octanol–water partition coefficient (Wildman–Crippen LogP) is 5.06. The Morgan fingerprint density at radius 1 is 0.964 bits per heavy atom. The second kappa shape index (κ2) is 7.92. The highest BCUT2D eigenvalue weighted by molar-refractivity contribution is 5.80. The molecule has 0 saturated heterocycles. The maximum atomic E-state index is 5.76. The van der Waals surface area contributed by atoms with Crippen LogP contribution < -0.4 is 10.1 Å². The molecule has 0 aliphatic heterocycles. The van der Waals surface area contributed by atoms with Crippen molar-refractivity contribution >= 4 is 11.5 Å². The summed E-state index contributed by atoms with van der Waals surface area (Å²) in [5.41, 5.74) is 4.52. The third-order valence-electron chi connectivity index (χ3n) is 4.10. The minimum absolute atomic E-state index is 0.128. The molecule has 0 bridgehead atoms. The first kappa shape index (κ1) is 17.7. The summed E-state index contributed by atoms with van der Waals surface area (Å²) in [4.78, 5) is 8.84. The van der Waals surface area contributed by atoms with E-state index in [-0.39, 0.29) is 6.10 Å². The topological polar surface area (TPSA) is 75.7 Å². The van der Waals surface area contributed by atoms with E-state index in [0.29, 0.717) is 0 Å². The lowest BCUT2D eigenvalue weighted by molar-refractivity contribution is 0.242. The summed E-state index contributed by atoms with van der Waals surface area (Å²) >= 11 is 0. The first-order valence-corrected chi connectivity index (χ1v) is 9.14. The number of benzene rings is 1. The van der Waals surface area contributed by atoms with E-state index in [9.17, 15) is 0 Å². The molecule has 0 radical (unpaired) electrons. The zero-order chi connectivity index (χ0) is 19.3. The molecular weight excluding hydrogens is 350 g/mol. The molecule has 0 unspecified atom stereocenters. The van der Waals surface area contributed by atoms with Gasteiger partial charge in [-0.2, -0.15) is 5.10 Å². The van der Waals surface area contributed by atoms with Gasteiger partial charge < -0.3 is 10.1 Å². The third kappa shape index (κ3) is 4.01. The number of hydrogen-bond acceptors (Lipinski definition) is 5. The number of hydrogen-bond donors (Lipinski definition) is 2. The number of aromatic amines is 1. The van der Waals surface area contributed by atoms with Crippen molar-refractivity contribution in [3.05, 3.63) is 73.2 Å². The molecule has 0 aliphatic rings. The quantitative estimate of drug-likeness (QED) is 0.495. The van der Waals surface area contributed by atoms with E-state index in [4.69, 9.17) is 4.74 Å². The zero-order valence-electron chi connectivity index (χ0n) is 15.8. The third-order valence-corrected chi connectivity index (χ3v) is 4.10. The highest BCUT2D eigenvalue weighted by Gasteiger charge is 2.12. The van der Waals surface area contributed by atoms with Crippen LogP contribution in [0, 0.1) is 0 Å². The minimum atomic E-state index is 0.128. The van der Waals surface area contributed by atoms with Gasteiger partial charge in [-0.1, -0.05) is 12.1 Å². The van der Waals surface area contributed by atoms with E-state index in [1.807, 2.05) is 74.6 Å². The summed E-state index contributed by atoms with van der Waals surface area (Å²) in [5.74, 6) is 1.57. The summed E-state index contributed by atoms with van der Waals surface area (Å²) in [6.45, 7) is 4.02. The Morgan fingerprint density at radius 2 is 1.89 bits per heavy atom. The van der Waals surface area contributed by atoms with E-state index in [2.05, 4.69) is 25.5 Å². The fourth-order valence-electron chi connectivity index (χ4n) is 2.94. The lowest BCUT2D eigenvalue weighted by Crippen LogP contribution is -2.05. The van der Waals surface area contributed by atoms with Gasteiger partial charge in [-0.05, 0) is 55.8 Å². The summed E-state index contributed by atoms with van der Waals surface area (Å²) in [6, 6.07) is 17.6. The maximum absolute atomic E-state index is 5.76. The normalized spacial score (nSPS) is 10.8. The molecule has 0 fully saturated rings. The molecule has 2 N–H and O–H groups in total. The van der Waals surface area contributed by atoms with Crippen molar-refractivity contribution in [2.24, 2.45) is 0 Å². The lowest BCUT2D eigenvalue weighted by Gasteiger charge is -2.12. The summed E-state index contributed by atoms with van der Waals surface area (Å²) in [7, 11) is 0. The molecule has 6 heteroatoms. The molecule has 0 amide bonds. The number of ether oxygens (including phenoxy) is 1. The van der Waals surface area contributed by atoms with Crippen LogP contribution in [0.15, 0.2) is 73.2 Å². The molecule has 0 atom stereocenters. The molecule has 0 spiro atoms. The second-order valence-corrected chi connectivity index (χ2v) is 6.61. The molecule has 3 heterocycles. The smallest absolute Gasteiger partial charge is 0.130 e. The van der Waals surface area contributed by atoms with Crippen molar-refractivity contribution in [1.29, 1.82) is 0 Å². The Kier molecular flexibility index (Phi) is 5.01. The van der Waals surface area contributed by atoms with Crippen LogP contribution in [0.2, 0.25) is 0 Å². The molecular formula is C22H21N5O. The second-order valence-electron chi connectivity index (χ2n) is 6.61. The van der Waals surface area contributed by atoms with Crippen LogP contribution in [0.4, 0.5) is 11.5 Å². The van der Waals surface area contributed by atoms with Gasteiger partial charge in [0.1, 0.15) is 17.3 Å². The fourth-order valence-corrected chi connectivity index (χ4v) is 2.94. The number of nitrogens with zero attached hydrogens (tertiary/aromatic N) is 3. The van der Waals surface area contributed by atoms with Gasteiger partial charge in [0.05, 0.1) is 11.8 Å². The Bertz CT molecular complexity index is 1060. The summed E-state index contributed by atoms with van der Waals surface area (Å²) < 4.78 is 5.76. The minimum Gasteiger partial charge on any atom is -0.491 e. The first-order valence-electron chi connectivity index (χ1n) is 9.14. The maximum Gasteiger partial charge on any atom is 0.130 e. The van der Waals surface area contributed by atoms with Gasteiger partial charge in [0.2, 0.25) is 0 Å². The van der Waals surface area contributed by atoms with E-state index in [1.54, 1.807) is 12.4 Å². The highest BCUT2D eigenvalue weighted by atomic mass is 16.5. The molecule has 0 aliphatic carbocycles. The molecule has 0 saturated carbocycles. The van der Waals surface area contributed by atoms with Gasteiger partial charge in [-0.15, -0.1) is 0 Å². The van der Waals surface area contributed by atoms with Crippen LogP contribution in [0.1, 0.15) is 13.8 Å². The van der Waals surface area contributed by atoms with Crippen LogP contribution in [0.3, 0.4) is 0 Å². The van der Waals surface area contributed by atoms with Gasteiger partial charge in [0.25, 0.3) is 0 Å². The number of aromatic nitrogens is 4. The van der Waals surface area contributed by atoms with Crippen molar-refractivity contribution in [2.45, 2.75) is 20.0 Å². The number of rotatable bonds is 6. The molecule has 28 heavy (non-hydrogen) atoms. The van der Waals surface area contributed by atoms with Crippen molar-refractivity contribution in [2.75, 3.05) is 5.32 Å². The Balaban J connectivity index is 1.61. The van der Waals surface area contributed by atoms with Gasteiger partial charge in [0.15, 0.2) is 0 Å². The monoisotopic (exact) mass is 371 g/mol. The molecule has 4 rings (SSSR count). The van der Waals surface area contributed by atoms with Crippen molar-refractivity contribution in [3.8, 4) is 28.3 Å². The molecule has 3 aromatic heterocycles. The average Bonchev–Trinajstić information content (AvgIpc) is 3.19. The molecule has 1 aromatic carbocycles. The Hall–Kier alpha value is -3.67. The highest BCUT2D eigenvalue weighted by Crippen LogP contribution is 2.30. The molecule has 140 valence electrons. The summed E-state index contributed by atoms with van der Waals surface area (Å²) in [6.07, 6.45) is 5.55. The zero-order valence-corrected chi connectivity index (χ0v) is 15.8. The molecule has 4 aromatic rings. The number of anilines is 2. The largest absolute Gasteiger partial charge is 0.491 e. The van der Waals surface area contributed by atoms with Gasteiger partial charge in [-0.25, -0.2) is 4.98 Å². The van der Waals surface area contributed by atoms with Crippen LogP contribution >= 0.6 is 0 Å². The van der Waals surface area contributed by atoms with E-state index < -0.39 is 0 Å². The summed E-state index contributed by atoms with van der Waals surface area (Å²) in [5, 5.41) is 10.7. The van der Waals surface area contributed by atoms with Gasteiger partial charge in [0, 0.05) is 35.9 Å². The molecule has 6 nitrogen and oxygen atoms in total. The number of H-pyrrole nitrogens is 1. The average molecular weight is 371 g/mol. The fraction of sp³-hybridized carbons (Fsp3) is 0.136.